The van der Waals surface area contributed by atoms with E-state index >= 15 is 0 Å². The molecule has 2 aromatic rings. The first-order valence-electron chi connectivity index (χ1n) is 8.69. The molecule has 0 spiro atoms. The van der Waals surface area contributed by atoms with Crippen LogP contribution in [0.15, 0.2) is 24.5 Å². The highest BCUT2D eigenvalue weighted by Gasteiger charge is 2.58. The third-order valence-corrected chi connectivity index (χ3v) is 5.59. The van der Waals surface area contributed by atoms with E-state index in [-0.39, 0.29) is 11.8 Å². The molecule has 5 rings (SSSR count). The van der Waals surface area contributed by atoms with Gasteiger partial charge in [-0.1, -0.05) is 0 Å². The van der Waals surface area contributed by atoms with Crippen molar-refractivity contribution in [1.29, 1.82) is 0 Å². The van der Waals surface area contributed by atoms with E-state index in [1.54, 1.807) is 0 Å². The van der Waals surface area contributed by atoms with Crippen LogP contribution in [0.5, 0.6) is 0 Å². The molecule has 7 nitrogen and oxygen atoms in total. The Morgan fingerprint density at radius 2 is 1.96 bits per heavy atom. The van der Waals surface area contributed by atoms with Gasteiger partial charge in [0.1, 0.15) is 0 Å². The molecular weight excluding hydrogens is 306 g/mol. The molecule has 0 aromatic carbocycles. The molecule has 1 aliphatic carbocycles. The van der Waals surface area contributed by atoms with Gasteiger partial charge in [0, 0.05) is 31.4 Å². The highest BCUT2D eigenvalue weighted by Crippen LogP contribution is 2.51. The maximum Gasteiger partial charge on any atom is 0.226 e. The number of fused-ring (bicyclic) bond motifs is 2. The van der Waals surface area contributed by atoms with Gasteiger partial charge in [0.25, 0.3) is 0 Å². The number of carbonyl (C=O) groups is 1. The predicted molar refractivity (Wildman–Crippen MR) is 84.9 cm³/mol. The zero-order chi connectivity index (χ0) is 16.1. The Bertz CT molecular complexity index is 743. The fourth-order valence-corrected chi connectivity index (χ4v) is 4.18. The molecule has 2 aliphatic heterocycles. The molecule has 1 amide bonds. The Morgan fingerprint density at radius 3 is 2.75 bits per heavy atom. The van der Waals surface area contributed by atoms with Gasteiger partial charge in [-0.3, -0.25) is 4.79 Å². The summed E-state index contributed by atoms with van der Waals surface area (Å²) in [6.45, 7) is 4.50. The van der Waals surface area contributed by atoms with E-state index in [1.165, 1.54) is 0 Å². The van der Waals surface area contributed by atoms with Crippen LogP contribution < -0.4 is 0 Å². The highest BCUT2D eigenvalue weighted by atomic mass is 16.5. The largest absolute Gasteiger partial charge is 0.381 e. The van der Waals surface area contributed by atoms with Crippen molar-refractivity contribution in [3.63, 3.8) is 0 Å². The third kappa shape index (κ3) is 2.26. The second-order valence-corrected chi connectivity index (χ2v) is 7.04. The summed E-state index contributed by atoms with van der Waals surface area (Å²) in [5, 5.41) is 8.72. The fourth-order valence-electron chi connectivity index (χ4n) is 4.18. The number of ether oxygens (including phenoxy) is 1. The van der Waals surface area contributed by atoms with Gasteiger partial charge in [0.2, 0.25) is 5.91 Å². The first-order chi connectivity index (χ1) is 11.8. The maximum atomic E-state index is 12.8. The van der Waals surface area contributed by atoms with Crippen LogP contribution in [0.2, 0.25) is 0 Å². The summed E-state index contributed by atoms with van der Waals surface area (Å²) in [5.41, 5.74) is 0. The number of hydrogen-bond acceptors (Lipinski definition) is 4. The summed E-state index contributed by atoms with van der Waals surface area (Å²) in [7, 11) is 0. The maximum absolute atomic E-state index is 12.8. The molecule has 24 heavy (non-hydrogen) atoms. The standard InChI is InChI=1S/C17H21N5O2/c23-17(16-12-10-24-11-13(12)16)21-6-3-7-22-14(18-19-15(22)9-21)8-20-4-1-2-5-20/h1-2,4-5,12-13,16H,3,6-11H2/t12-,13+,16?. The Kier molecular flexibility index (Phi) is 3.22. The van der Waals surface area contributed by atoms with Gasteiger partial charge in [0.15, 0.2) is 11.6 Å². The summed E-state index contributed by atoms with van der Waals surface area (Å²) in [6.07, 6.45) is 5.01. The van der Waals surface area contributed by atoms with E-state index in [0.29, 0.717) is 18.4 Å². The zero-order valence-corrected chi connectivity index (χ0v) is 13.5. The minimum atomic E-state index is 0.188. The Morgan fingerprint density at radius 1 is 1.17 bits per heavy atom. The van der Waals surface area contributed by atoms with Crippen LogP contribution in [0.3, 0.4) is 0 Å². The first-order valence-corrected chi connectivity index (χ1v) is 8.69. The van der Waals surface area contributed by atoms with Gasteiger partial charge in [-0.05, 0) is 30.4 Å². The molecule has 7 heteroatoms. The minimum Gasteiger partial charge on any atom is -0.381 e. The van der Waals surface area contributed by atoms with E-state index < -0.39 is 0 Å². The quantitative estimate of drug-likeness (QED) is 0.834. The molecule has 1 saturated carbocycles. The second kappa shape index (κ2) is 5.44. The van der Waals surface area contributed by atoms with Crippen molar-refractivity contribution in [2.45, 2.75) is 26.1 Å². The fraction of sp³-hybridized carbons (Fsp3) is 0.588. The topological polar surface area (TPSA) is 65.2 Å². The molecule has 4 heterocycles. The van der Waals surface area contributed by atoms with Crippen LogP contribution in [0.4, 0.5) is 0 Å². The molecule has 3 atom stereocenters. The van der Waals surface area contributed by atoms with Crippen LogP contribution in [0.1, 0.15) is 18.1 Å². The molecule has 0 radical (unpaired) electrons. The summed E-state index contributed by atoms with van der Waals surface area (Å²) in [5.74, 6) is 3.27. The van der Waals surface area contributed by atoms with Gasteiger partial charge >= 0.3 is 0 Å². The minimum absolute atomic E-state index is 0.188. The predicted octanol–water partition coefficient (Wildman–Crippen LogP) is 0.753. The van der Waals surface area contributed by atoms with Crippen molar-refractivity contribution in [3.8, 4) is 0 Å². The van der Waals surface area contributed by atoms with E-state index in [9.17, 15) is 4.79 Å². The van der Waals surface area contributed by atoms with E-state index in [4.69, 9.17) is 4.74 Å². The van der Waals surface area contributed by atoms with Crippen molar-refractivity contribution in [1.82, 2.24) is 24.2 Å². The molecule has 1 saturated heterocycles. The van der Waals surface area contributed by atoms with Gasteiger partial charge in [-0.2, -0.15) is 0 Å². The Labute approximate surface area is 140 Å². The number of amides is 1. The molecule has 0 N–H and O–H groups in total. The SMILES string of the molecule is O=C(C1[C@H]2COC[C@@H]12)N1CCCn2c(nnc2Cn2cccc2)C1. The molecule has 0 bridgehead atoms. The Balaban J connectivity index is 1.33. The molecule has 1 unspecified atom stereocenters. The van der Waals surface area contributed by atoms with Crippen molar-refractivity contribution >= 4 is 5.91 Å². The van der Waals surface area contributed by atoms with Crippen LogP contribution in [-0.2, 0) is 29.2 Å². The van der Waals surface area contributed by atoms with Crippen LogP contribution >= 0.6 is 0 Å². The molecule has 2 fully saturated rings. The molecule has 3 aliphatic rings. The summed E-state index contributed by atoms with van der Waals surface area (Å²) in [6, 6.07) is 4.02. The van der Waals surface area contributed by atoms with Gasteiger partial charge in [0.05, 0.1) is 26.3 Å². The number of carbonyl (C=O) groups excluding carboxylic acids is 1. The molecular formula is C17H21N5O2. The number of nitrogens with zero attached hydrogens (tertiary/aromatic N) is 5. The zero-order valence-electron chi connectivity index (χ0n) is 13.5. The normalized spacial score (nSPS) is 28.3. The third-order valence-electron chi connectivity index (χ3n) is 5.59. The lowest BCUT2D eigenvalue weighted by Crippen LogP contribution is -2.33. The van der Waals surface area contributed by atoms with Crippen LogP contribution in [-0.4, -0.2) is 49.9 Å². The lowest BCUT2D eigenvalue weighted by molar-refractivity contribution is -0.134. The van der Waals surface area contributed by atoms with Gasteiger partial charge in [-0.25, -0.2) is 0 Å². The van der Waals surface area contributed by atoms with E-state index in [1.807, 2.05) is 29.4 Å². The summed E-state index contributed by atoms with van der Waals surface area (Å²) in [4.78, 5) is 14.8. The van der Waals surface area contributed by atoms with Crippen molar-refractivity contribution in [3.05, 3.63) is 36.2 Å². The summed E-state index contributed by atoms with van der Waals surface area (Å²) >= 11 is 0. The van der Waals surface area contributed by atoms with Crippen molar-refractivity contribution in [2.75, 3.05) is 19.8 Å². The number of rotatable bonds is 3. The highest BCUT2D eigenvalue weighted by molar-refractivity contribution is 5.82. The molecule has 126 valence electrons. The average Bonchev–Trinajstić information content (AvgIpc) is 2.99. The van der Waals surface area contributed by atoms with Crippen molar-refractivity contribution < 1.29 is 9.53 Å². The van der Waals surface area contributed by atoms with Gasteiger partial charge in [-0.15, -0.1) is 10.2 Å². The number of aromatic nitrogens is 4. The molecule has 2 aromatic heterocycles. The van der Waals surface area contributed by atoms with Gasteiger partial charge < -0.3 is 18.8 Å². The van der Waals surface area contributed by atoms with E-state index in [2.05, 4.69) is 19.3 Å². The Hall–Kier alpha value is -2.15. The monoisotopic (exact) mass is 327 g/mol. The van der Waals surface area contributed by atoms with Crippen LogP contribution in [0.25, 0.3) is 0 Å². The van der Waals surface area contributed by atoms with E-state index in [0.717, 1.165) is 50.9 Å². The number of hydrogen-bond donors (Lipinski definition) is 0. The lowest BCUT2D eigenvalue weighted by Gasteiger charge is -2.20. The average molecular weight is 327 g/mol. The first kappa shape index (κ1) is 14.2. The lowest BCUT2D eigenvalue weighted by atomic mass is 10.2. The van der Waals surface area contributed by atoms with Crippen LogP contribution in [0, 0.1) is 17.8 Å². The second-order valence-electron chi connectivity index (χ2n) is 7.04. The summed E-state index contributed by atoms with van der Waals surface area (Å²) < 4.78 is 9.69. The smallest absolute Gasteiger partial charge is 0.226 e. The van der Waals surface area contributed by atoms with Crippen molar-refractivity contribution in [2.24, 2.45) is 17.8 Å².